The molecule has 0 saturated carbocycles. The molecule has 0 radical (unpaired) electrons. The Kier molecular flexibility index (Phi) is 7.28. The third-order valence-electron chi connectivity index (χ3n) is 6.22. The Hall–Kier alpha value is -2.34. The van der Waals surface area contributed by atoms with Gasteiger partial charge < -0.3 is 19.1 Å². The zero-order valence-electron chi connectivity index (χ0n) is 18.7. The first kappa shape index (κ1) is 21.9. The molecule has 0 aromatic heterocycles. The van der Waals surface area contributed by atoms with E-state index in [0.29, 0.717) is 25.9 Å². The first-order valence-corrected chi connectivity index (χ1v) is 11.2. The fourth-order valence-electron chi connectivity index (χ4n) is 4.57. The Balaban J connectivity index is 1.60. The quantitative estimate of drug-likeness (QED) is 0.563. The highest BCUT2D eigenvalue weighted by atomic mass is 16.5. The molecule has 4 rings (SSSR count). The van der Waals surface area contributed by atoms with Crippen LogP contribution in [0.1, 0.15) is 24.9 Å². The van der Waals surface area contributed by atoms with Gasteiger partial charge in [0.25, 0.3) is 0 Å². The highest BCUT2D eigenvalue weighted by Gasteiger charge is 2.34. The normalized spacial score (nSPS) is 22.1. The fourth-order valence-corrected chi connectivity index (χ4v) is 4.57. The van der Waals surface area contributed by atoms with Crippen LogP contribution >= 0.6 is 0 Å². The van der Waals surface area contributed by atoms with Gasteiger partial charge in [-0.15, -0.1) is 0 Å². The van der Waals surface area contributed by atoms with Gasteiger partial charge in [0.15, 0.2) is 0 Å². The maximum Gasteiger partial charge on any atom is 0.142 e. The number of fused-ring (bicyclic) bond motifs is 1. The number of rotatable bonds is 9. The molecule has 5 nitrogen and oxygen atoms in total. The molecule has 0 N–H and O–H groups in total. The third-order valence-corrected chi connectivity index (χ3v) is 6.22. The number of methoxy groups -OCH3 is 1. The van der Waals surface area contributed by atoms with E-state index in [1.807, 2.05) is 20.1 Å². The van der Waals surface area contributed by atoms with Crippen molar-refractivity contribution in [3.63, 3.8) is 0 Å². The van der Waals surface area contributed by atoms with Crippen LogP contribution in [0.25, 0.3) is 0 Å². The van der Waals surface area contributed by atoms with Gasteiger partial charge in [0.05, 0.1) is 37.1 Å². The van der Waals surface area contributed by atoms with E-state index in [0.717, 1.165) is 43.1 Å². The van der Waals surface area contributed by atoms with Gasteiger partial charge in [0.2, 0.25) is 0 Å². The summed E-state index contributed by atoms with van der Waals surface area (Å²) in [4.78, 5) is 5.02. The molecule has 5 heteroatoms. The zero-order valence-corrected chi connectivity index (χ0v) is 18.7. The van der Waals surface area contributed by atoms with Crippen LogP contribution in [-0.4, -0.2) is 63.6 Å². The number of nitrogens with zero attached hydrogens (tertiary/aromatic N) is 2. The van der Waals surface area contributed by atoms with Crippen LogP contribution in [0, 0.1) is 0 Å². The zero-order chi connectivity index (χ0) is 21.6. The van der Waals surface area contributed by atoms with E-state index >= 15 is 0 Å². The molecule has 3 atom stereocenters. The maximum absolute atomic E-state index is 6.16. The van der Waals surface area contributed by atoms with E-state index in [2.05, 4.69) is 64.9 Å². The van der Waals surface area contributed by atoms with Crippen molar-refractivity contribution in [2.24, 2.45) is 0 Å². The maximum atomic E-state index is 6.16. The number of hydrogen-bond acceptors (Lipinski definition) is 5. The number of hydrogen-bond donors (Lipinski definition) is 0. The van der Waals surface area contributed by atoms with Crippen LogP contribution in [0.3, 0.4) is 0 Å². The molecule has 1 fully saturated rings. The van der Waals surface area contributed by atoms with Crippen molar-refractivity contribution in [3.05, 3.63) is 72.3 Å². The summed E-state index contributed by atoms with van der Waals surface area (Å²) in [5, 5.41) is 0. The second kappa shape index (κ2) is 10.3. The molecule has 1 saturated heterocycles. The van der Waals surface area contributed by atoms with E-state index in [1.54, 1.807) is 0 Å². The SMILES string of the molecule is C=C(C)COCC(CN1c2ccccc2OCC1c1ccccc1)N1CCC(OC)C1. The molecule has 0 amide bonds. The second-order valence-corrected chi connectivity index (χ2v) is 8.62. The smallest absolute Gasteiger partial charge is 0.142 e. The Morgan fingerprint density at radius 2 is 1.94 bits per heavy atom. The van der Waals surface area contributed by atoms with Crippen LogP contribution in [0.5, 0.6) is 5.75 Å². The number of anilines is 1. The minimum atomic E-state index is 0.167. The van der Waals surface area contributed by atoms with E-state index < -0.39 is 0 Å². The summed E-state index contributed by atoms with van der Waals surface area (Å²) in [6, 6.07) is 19.4. The van der Waals surface area contributed by atoms with Gasteiger partial charge in [0, 0.05) is 26.7 Å². The molecule has 0 aliphatic carbocycles. The topological polar surface area (TPSA) is 34.2 Å². The first-order valence-electron chi connectivity index (χ1n) is 11.2. The molecule has 0 bridgehead atoms. The lowest BCUT2D eigenvalue weighted by molar-refractivity contribution is 0.0642. The van der Waals surface area contributed by atoms with E-state index in [-0.39, 0.29) is 12.1 Å². The second-order valence-electron chi connectivity index (χ2n) is 8.62. The summed E-state index contributed by atoms with van der Waals surface area (Å²) >= 11 is 0. The Labute approximate surface area is 186 Å². The standard InChI is InChI=1S/C26H34N2O3/c1-20(2)17-30-18-22(27-14-13-23(16-27)29-3)15-28-24-11-7-8-12-26(24)31-19-25(28)21-9-5-4-6-10-21/h4-12,22-23,25H,1,13-19H2,2-3H3. The lowest BCUT2D eigenvalue weighted by Crippen LogP contribution is -2.49. The van der Waals surface area contributed by atoms with Gasteiger partial charge in [0.1, 0.15) is 12.4 Å². The van der Waals surface area contributed by atoms with Gasteiger partial charge in [-0.2, -0.15) is 0 Å². The predicted molar refractivity (Wildman–Crippen MR) is 125 cm³/mol. The Morgan fingerprint density at radius 1 is 1.16 bits per heavy atom. The average Bonchev–Trinajstić information content (AvgIpc) is 3.28. The van der Waals surface area contributed by atoms with Gasteiger partial charge in [-0.1, -0.05) is 54.6 Å². The summed E-state index contributed by atoms with van der Waals surface area (Å²) in [6.45, 7) is 10.7. The van der Waals surface area contributed by atoms with Crippen LogP contribution in [0.4, 0.5) is 5.69 Å². The molecule has 2 aromatic carbocycles. The average molecular weight is 423 g/mol. The minimum Gasteiger partial charge on any atom is -0.489 e. The van der Waals surface area contributed by atoms with Crippen molar-refractivity contribution in [1.29, 1.82) is 0 Å². The molecule has 2 heterocycles. The van der Waals surface area contributed by atoms with Crippen molar-refractivity contribution in [2.75, 3.05) is 51.5 Å². The molecule has 166 valence electrons. The fraction of sp³-hybridized carbons (Fsp3) is 0.462. The minimum absolute atomic E-state index is 0.167. The number of benzene rings is 2. The molecule has 2 aromatic rings. The summed E-state index contributed by atoms with van der Waals surface area (Å²) in [6.07, 6.45) is 1.36. The van der Waals surface area contributed by atoms with E-state index in [9.17, 15) is 0 Å². The van der Waals surface area contributed by atoms with Gasteiger partial charge in [-0.05, 0) is 31.0 Å². The van der Waals surface area contributed by atoms with Gasteiger partial charge in [-0.3, -0.25) is 4.90 Å². The predicted octanol–water partition coefficient (Wildman–Crippen LogP) is 4.31. The van der Waals surface area contributed by atoms with Crippen molar-refractivity contribution >= 4 is 5.69 Å². The number of ether oxygens (including phenoxy) is 3. The van der Waals surface area contributed by atoms with Crippen molar-refractivity contribution in [3.8, 4) is 5.75 Å². The largest absolute Gasteiger partial charge is 0.489 e. The lowest BCUT2D eigenvalue weighted by atomic mass is 10.0. The van der Waals surface area contributed by atoms with Gasteiger partial charge >= 0.3 is 0 Å². The monoisotopic (exact) mass is 422 g/mol. The third kappa shape index (κ3) is 5.29. The number of likely N-dealkylation sites (tertiary alicyclic amines) is 1. The summed E-state index contributed by atoms with van der Waals surface area (Å²) < 4.78 is 17.9. The lowest BCUT2D eigenvalue weighted by Gasteiger charge is -2.42. The molecular formula is C26H34N2O3. The highest BCUT2D eigenvalue weighted by molar-refractivity contribution is 5.61. The summed E-state index contributed by atoms with van der Waals surface area (Å²) in [5.74, 6) is 0.951. The molecule has 31 heavy (non-hydrogen) atoms. The number of para-hydroxylation sites is 2. The Morgan fingerprint density at radius 3 is 2.68 bits per heavy atom. The van der Waals surface area contributed by atoms with E-state index in [4.69, 9.17) is 14.2 Å². The van der Waals surface area contributed by atoms with Crippen molar-refractivity contribution in [2.45, 2.75) is 31.5 Å². The van der Waals surface area contributed by atoms with Crippen LogP contribution in [0.2, 0.25) is 0 Å². The van der Waals surface area contributed by atoms with Gasteiger partial charge in [-0.25, -0.2) is 0 Å². The first-order chi connectivity index (χ1) is 15.2. The van der Waals surface area contributed by atoms with Crippen LogP contribution in [-0.2, 0) is 9.47 Å². The summed E-state index contributed by atoms with van der Waals surface area (Å²) in [7, 11) is 1.81. The Bertz CT molecular complexity index is 857. The molecule has 2 aliphatic heterocycles. The molecule has 3 unspecified atom stereocenters. The van der Waals surface area contributed by atoms with Crippen LogP contribution in [0.15, 0.2) is 66.7 Å². The van der Waals surface area contributed by atoms with E-state index in [1.165, 1.54) is 5.56 Å². The summed E-state index contributed by atoms with van der Waals surface area (Å²) in [5.41, 5.74) is 3.47. The molecular weight excluding hydrogens is 388 g/mol. The van der Waals surface area contributed by atoms with Crippen molar-refractivity contribution in [1.82, 2.24) is 4.90 Å². The van der Waals surface area contributed by atoms with Crippen LogP contribution < -0.4 is 9.64 Å². The van der Waals surface area contributed by atoms with Crippen molar-refractivity contribution < 1.29 is 14.2 Å². The highest BCUT2D eigenvalue weighted by Crippen LogP contribution is 2.39. The molecule has 2 aliphatic rings. The molecule has 0 spiro atoms.